The van der Waals surface area contributed by atoms with Gasteiger partial charge in [-0.05, 0) is 60.7 Å². The van der Waals surface area contributed by atoms with Crippen LogP contribution in [0.25, 0.3) is 0 Å². The Morgan fingerprint density at radius 3 is 2.63 bits per heavy atom. The Balaban J connectivity index is 1.44. The van der Waals surface area contributed by atoms with Gasteiger partial charge in [-0.1, -0.05) is 39.8 Å². The summed E-state index contributed by atoms with van der Waals surface area (Å²) in [5, 5.41) is 12.9. The maximum absolute atomic E-state index is 13.6. The summed E-state index contributed by atoms with van der Waals surface area (Å²) in [5.41, 5.74) is 9.61. The van der Waals surface area contributed by atoms with E-state index in [4.69, 9.17) is 20.2 Å². The zero-order valence-electron chi connectivity index (χ0n) is 25.0. The van der Waals surface area contributed by atoms with Crippen molar-refractivity contribution in [1.82, 2.24) is 9.88 Å². The molecule has 0 radical (unpaired) electrons. The number of carbonyl (C=O) groups is 2. The van der Waals surface area contributed by atoms with Gasteiger partial charge in [0, 0.05) is 42.6 Å². The fourth-order valence-corrected chi connectivity index (χ4v) is 5.44. The summed E-state index contributed by atoms with van der Waals surface area (Å²) in [5.74, 6) is 0.00123. The Morgan fingerprint density at radius 1 is 1.12 bits per heavy atom. The number of aromatic nitrogens is 1. The van der Waals surface area contributed by atoms with Gasteiger partial charge < -0.3 is 30.5 Å². The lowest BCUT2D eigenvalue weighted by Gasteiger charge is -2.34. The van der Waals surface area contributed by atoms with Crippen LogP contribution in [0.2, 0.25) is 0 Å². The lowest BCUT2D eigenvalue weighted by molar-refractivity contribution is -0.145. The number of aryl methyl sites for hydroxylation is 1. The van der Waals surface area contributed by atoms with Crippen LogP contribution in [0.1, 0.15) is 62.9 Å². The number of amides is 1. The van der Waals surface area contributed by atoms with Crippen LogP contribution in [0, 0.1) is 16.7 Å². The first-order valence-electron chi connectivity index (χ1n) is 14.7. The molecule has 2 aliphatic rings. The van der Waals surface area contributed by atoms with Crippen molar-refractivity contribution in [2.75, 3.05) is 44.8 Å². The maximum Gasteiger partial charge on any atom is 0.304 e. The summed E-state index contributed by atoms with van der Waals surface area (Å²) >= 11 is 0. The van der Waals surface area contributed by atoms with Crippen molar-refractivity contribution in [2.24, 2.45) is 22.5 Å². The summed E-state index contributed by atoms with van der Waals surface area (Å²) in [6.07, 6.45) is 3.08. The van der Waals surface area contributed by atoms with E-state index in [1.54, 1.807) is 4.90 Å². The molecule has 41 heavy (non-hydrogen) atoms. The number of nitrogens with one attached hydrogen (secondary N) is 1. The van der Waals surface area contributed by atoms with E-state index < -0.39 is 11.9 Å². The highest BCUT2D eigenvalue weighted by Crippen LogP contribution is 2.31. The summed E-state index contributed by atoms with van der Waals surface area (Å²) in [6.45, 7) is 12.1. The number of pyridine rings is 1. The number of benzene rings is 1. The number of nitrogens with two attached hydrogens (primary N) is 1. The molecule has 0 bridgehead atoms. The van der Waals surface area contributed by atoms with Gasteiger partial charge in [0.05, 0.1) is 32.2 Å². The lowest BCUT2D eigenvalue weighted by atomic mass is 9.91. The zero-order valence-corrected chi connectivity index (χ0v) is 25.0. The molecular weight excluding hydrogens is 520 g/mol. The highest BCUT2D eigenvalue weighted by Gasteiger charge is 2.34. The molecule has 0 unspecified atom stereocenters. The first kappa shape index (κ1) is 30.8. The SMILES string of the molecule is CC(C)(CN)COCC(C)(C)CN1Cc2cc(OCCc3ccc4c(n3)NCCC4)ccc2C[C@@H](CC(=O)O)C1=O. The zero-order chi connectivity index (χ0) is 29.6. The van der Waals surface area contributed by atoms with Crippen molar-refractivity contribution in [1.29, 1.82) is 0 Å². The molecule has 1 amide bonds. The molecule has 0 saturated heterocycles. The minimum atomic E-state index is -0.968. The van der Waals surface area contributed by atoms with Gasteiger partial charge in [0.2, 0.25) is 5.91 Å². The van der Waals surface area contributed by atoms with E-state index in [1.807, 2.05) is 18.2 Å². The van der Waals surface area contributed by atoms with E-state index in [1.165, 1.54) is 5.56 Å². The first-order chi connectivity index (χ1) is 19.4. The van der Waals surface area contributed by atoms with E-state index in [0.29, 0.717) is 52.3 Å². The molecule has 1 aromatic heterocycles. The van der Waals surface area contributed by atoms with Crippen LogP contribution in [0.15, 0.2) is 30.3 Å². The predicted molar refractivity (Wildman–Crippen MR) is 159 cm³/mol. The molecule has 1 aromatic carbocycles. The summed E-state index contributed by atoms with van der Waals surface area (Å²) < 4.78 is 12.1. The van der Waals surface area contributed by atoms with Gasteiger partial charge in [-0.2, -0.15) is 0 Å². The van der Waals surface area contributed by atoms with E-state index in [9.17, 15) is 14.7 Å². The highest BCUT2D eigenvalue weighted by atomic mass is 16.5. The number of carbonyl (C=O) groups excluding carboxylic acids is 1. The third-order valence-electron chi connectivity index (χ3n) is 7.82. The molecular formula is C32H46N4O5. The van der Waals surface area contributed by atoms with Gasteiger partial charge in [-0.25, -0.2) is 4.98 Å². The topological polar surface area (TPSA) is 127 Å². The summed E-state index contributed by atoms with van der Waals surface area (Å²) in [4.78, 5) is 31.8. The van der Waals surface area contributed by atoms with Crippen LogP contribution < -0.4 is 15.8 Å². The smallest absolute Gasteiger partial charge is 0.304 e. The van der Waals surface area contributed by atoms with Crippen LogP contribution in [0.4, 0.5) is 5.82 Å². The van der Waals surface area contributed by atoms with Crippen LogP contribution in [0.3, 0.4) is 0 Å². The molecule has 9 nitrogen and oxygen atoms in total. The Hall–Kier alpha value is -3.17. The standard InChI is InChI=1S/C32H46N4O5/c1-31(2,18-33)20-40-21-32(3,4)19-36-17-25-15-27(10-8-23(25)14-24(30(36)39)16-28(37)38)41-13-11-26-9-7-22-6-5-12-34-29(22)35-26/h7-10,15,24H,5-6,11-14,16-21,33H2,1-4H3,(H,34,35)(H,37,38)/t24-/m0/s1. The number of hydrogen-bond acceptors (Lipinski definition) is 7. The lowest BCUT2D eigenvalue weighted by Crippen LogP contribution is -2.43. The van der Waals surface area contributed by atoms with E-state index in [-0.39, 0.29) is 23.2 Å². The number of anilines is 1. The summed E-state index contributed by atoms with van der Waals surface area (Å²) in [7, 11) is 0. The molecule has 0 fully saturated rings. The van der Waals surface area contributed by atoms with E-state index >= 15 is 0 Å². The molecule has 2 aliphatic heterocycles. The molecule has 4 rings (SSSR count). The Labute approximate surface area is 243 Å². The average molecular weight is 567 g/mol. The fourth-order valence-electron chi connectivity index (χ4n) is 5.44. The highest BCUT2D eigenvalue weighted by molar-refractivity contribution is 5.84. The summed E-state index contributed by atoms with van der Waals surface area (Å²) in [6, 6.07) is 10.1. The van der Waals surface area contributed by atoms with Crippen LogP contribution in [-0.4, -0.2) is 66.3 Å². The number of aliphatic carboxylic acids is 1. The molecule has 2 aromatic rings. The van der Waals surface area contributed by atoms with E-state index in [2.05, 4.69) is 45.1 Å². The van der Waals surface area contributed by atoms with Crippen molar-refractivity contribution in [2.45, 2.75) is 66.3 Å². The second-order valence-electron chi connectivity index (χ2n) is 13.1. The van der Waals surface area contributed by atoms with Crippen molar-refractivity contribution in [3.63, 3.8) is 0 Å². The van der Waals surface area contributed by atoms with Gasteiger partial charge in [-0.15, -0.1) is 0 Å². The molecule has 3 heterocycles. The number of carboxylic acid groups (broad SMARTS) is 1. The molecule has 4 N–H and O–H groups in total. The largest absolute Gasteiger partial charge is 0.493 e. The fraction of sp³-hybridized carbons (Fsp3) is 0.594. The molecule has 0 aliphatic carbocycles. The minimum Gasteiger partial charge on any atom is -0.493 e. The second kappa shape index (κ2) is 13.2. The average Bonchev–Trinajstić information content (AvgIpc) is 3.03. The van der Waals surface area contributed by atoms with Crippen molar-refractivity contribution >= 4 is 17.7 Å². The molecule has 224 valence electrons. The Morgan fingerprint density at radius 2 is 1.88 bits per heavy atom. The van der Waals surface area contributed by atoms with Gasteiger partial charge in [0.25, 0.3) is 0 Å². The van der Waals surface area contributed by atoms with Gasteiger partial charge in [-0.3, -0.25) is 9.59 Å². The molecule has 9 heteroatoms. The van der Waals surface area contributed by atoms with Gasteiger partial charge in [0.15, 0.2) is 0 Å². The number of nitrogens with zero attached hydrogens (tertiary/aromatic N) is 2. The van der Waals surface area contributed by atoms with Crippen molar-refractivity contribution < 1.29 is 24.2 Å². The molecule has 0 spiro atoms. The molecule has 1 atom stereocenters. The number of hydrogen-bond donors (Lipinski definition) is 3. The quantitative estimate of drug-likeness (QED) is 0.331. The van der Waals surface area contributed by atoms with Crippen LogP contribution >= 0.6 is 0 Å². The first-order valence-corrected chi connectivity index (χ1v) is 14.7. The monoisotopic (exact) mass is 566 g/mol. The number of ether oxygens (including phenoxy) is 2. The van der Waals surface area contributed by atoms with E-state index in [0.717, 1.165) is 47.8 Å². The second-order valence-corrected chi connectivity index (χ2v) is 13.1. The number of carboxylic acids is 1. The van der Waals surface area contributed by atoms with Gasteiger partial charge >= 0.3 is 5.97 Å². The maximum atomic E-state index is 13.6. The third kappa shape index (κ3) is 8.66. The number of rotatable bonds is 13. The predicted octanol–water partition coefficient (Wildman–Crippen LogP) is 4.06. The van der Waals surface area contributed by atoms with Crippen molar-refractivity contribution in [3.05, 3.63) is 52.7 Å². The van der Waals surface area contributed by atoms with Crippen LogP contribution in [0.5, 0.6) is 5.75 Å². The van der Waals surface area contributed by atoms with Crippen molar-refractivity contribution in [3.8, 4) is 5.75 Å². The third-order valence-corrected chi connectivity index (χ3v) is 7.82. The minimum absolute atomic E-state index is 0.122. The van der Waals surface area contributed by atoms with Gasteiger partial charge in [0.1, 0.15) is 11.6 Å². The Kier molecular flexibility index (Phi) is 9.92. The van der Waals surface area contributed by atoms with Crippen LogP contribution in [-0.2, 0) is 40.1 Å². The number of fused-ring (bicyclic) bond motifs is 2. The molecule has 0 saturated carbocycles. The Bertz CT molecular complexity index is 1230. The normalized spacial score (nSPS) is 17.3.